The highest BCUT2D eigenvalue weighted by Crippen LogP contribution is 2.54. The third-order valence-electron chi connectivity index (χ3n) is 21.1. The van der Waals surface area contributed by atoms with Gasteiger partial charge in [0.2, 0.25) is 0 Å². The highest BCUT2D eigenvalue weighted by Gasteiger charge is 2.68. The third-order valence-corrected chi connectivity index (χ3v) is 35.1. The number of esters is 1. The van der Waals surface area contributed by atoms with Gasteiger partial charge in [-0.1, -0.05) is 95.4 Å². The quantitative estimate of drug-likeness (QED) is 0.0779. The van der Waals surface area contributed by atoms with Gasteiger partial charge in [0.15, 0.2) is 30.7 Å². The largest absolute Gasteiger partial charge is 0.456 e. The molecule has 16 heteroatoms. The van der Waals surface area contributed by atoms with Gasteiger partial charge >= 0.3 is 5.97 Å². The summed E-state index contributed by atoms with van der Waals surface area (Å²) in [5.74, 6) is -1.10. The average Bonchev–Trinajstić information content (AvgIpc) is 4.03. The molecule has 0 saturated carbocycles. The molecule has 0 amide bonds. The van der Waals surface area contributed by atoms with E-state index >= 15 is 0 Å². The van der Waals surface area contributed by atoms with Crippen molar-refractivity contribution < 1.29 is 60.7 Å². The van der Waals surface area contributed by atoms with Crippen molar-refractivity contribution in [3.05, 3.63) is 36.5 Å². The van der Waals surface area contributed by atoms with E-state index in [4.69, 9.17) is 55.9 Å². The molecule has 13 nitrogen and oxygen atoms in total. The van der Waals surface area contributed by atoms with Crippen LogP contribution in [-0.4, -0.2) is 147 Å². The van der Waals surface area contributed by atoms with Gasteiger partial charge in [0.05, 0.1) is 67.1 Å². The molecule has 10 rings (SSSR count). The van der Waals surface area contributed by atoms with Crippen molar-refractivity contribution in [1.82, 2.24) is 0 Å². The predicted molar refractivity (Wildman–Crippen MR) is 303 cm³/mol. The molecule has 20 atom stereocenters. The Kier molecular flexibility index (Phi) is 19.7. The first kappa shape index (κ1) is 59.5. The summed E-state index contributed by atoms with van der Waals surface area (Å²) >= 11 is 0. The monoisotopic (exact) mass is 1110 g/mol. The van der Waals surface area contributed by atoms with Crippen LogP contribution in [-0.2, 0) is 60.7 Å². The number of fused-ring (bicyclic) bond motifs is 7. The maximum atomic E-state index is 14.4. The van der Waals surface area contributed by atoms with Gasteiger partial charge in [-0.25, -0.2) is 4.79 Å². The molecular formula is C60H102O13Si3. The van der Waals surface area contributed by atoms with Gasteiger partial charge in [-0.05, 0) is 123 Å². The lowest BCUT2D eigenvalue weighted by Gasteiger charge is -2.52. The van der Waals surface area contributed by atoms with Crippen molar-refractivity contribution in [2.45, 2.75) is 317 Å². The van der Waals surface area contributed by atoms with Crippen molar-refractivity contribution in [3.8, 4) is 0 Å². The Labute approximate surface area is 461 Å². The van der Waals surface area contributed by atoms with E-state index in [0.29, 0.717) is 38.7 Å². The number of rotatable bonds is 17. The first-order chi connectivity index (χ1) is 36.5. The van der Waals surface area contributed by atoms with Crippen molar-refractivity contribution in [1.29, 1.82) is 0 Å². The van der Waals surface area contributed by atoms with E-state index in [1.165, 1.54) is 0 Å². The summed E-state index contributed by atoms with van der Waals surface area (Å²) in [6, 6.07) is 9.50. The molecule has 9 fully saturated rings. The molecule has 0 aromatic carbocycles. The fourth-order valence-electron chi connectivity index (χ4n) is 15.4. The maximum Gasteiger partial charge on any atom is 0.330 e. The summed E-state index contributed by atoms with van der Waals surface area (Å²) in [5, 5.41) is 0. The summed E-state index contributed by atoms with van der Waals surface area (Å²) < 4.78 is 85.3. The van der Waals surface area contributed by atoms with E-state index in [2.05, 4.69) is 89.3 Å². The van der Waals surface area contributed by atoms with Gasteiger partial charge < -0.3 is 55.9 Å². The smallest absolute Gasteiger partial charge is 0.330 e. The van der Waals surface area contributed by atoms with E-state index in [1.54, 1.807) is 6.08 Å². The van der Waals surface area contributed by atoms with Gasteiger partial charge in [0.25, 0.3) is 0 Å². The second-order valence-electron chi connectivity index (χ2n) is 24.9. The lowest BCUT2D eigenvalue weighted by molar-refractivity contribution is -0.271. The molecule has 0 aromatic rings. The molecule has 432 valence electrons. The molecule has 13 unspecified atom stereocenters. The lowest BCUT2D eigenvalue weighted by atomic mass is 9.79. The maximum absolute atomic E-state index is 14.4. The molecular weight excluding hydrogens is 1010 g/mol. The number of hydrogen-bond donors (Lipinski definition) is 0. The number of carbonyl (C=O) groups excluding carboxylic acids is 1. The number of allylic oxidation sites excluding steroid dienone is 1. The zero-order chi connectivity index (χ0) is 54.2. The molecule has 1 spiro atoms. The molecule has 10 heterocycles. The standard InChI is InChI=1S/C60H102O13Si3/c1-14-74(15-2,16-3)62-32-30-45-48(72-75(17-4,18-5)19-6)36-50-53(66-45)41(13)54-49(65-50)35-47-40(12)38(10)33-42(64-47)27-28-44-39(11)34-43(63-44)29-31-60-37-51-55(70-60)57-58(68-51)59(71-60)56(73-76(20-7,21-8)22-9)46(67-57)25-23-24-26-52(61)69-54/h24,26,38,41-51,53-59H,11-12,14-23,25,27-37H2,1-10,13H3/b26-24+/t38?,41-,42?,43?,44-,45?,46-,47?,48?,49-,50?,51+,53?,54?,55?,56?,57-,58?,59?,60-/m0/s1. The van der Waals surface area contributed by atoms with Crippen molar-refractivity contribution >= 4 is 30.9 Å². The summed E-state index contributed by atoms with van der Waals surface area (Å²) in [5.41, 5.74) is 2.22. The minimum absolute atomic E-state index is 0.0113. The van der Waals surface area contributed by atoms with Crippen molar-refractivity contribution in [2.75, 3.05) is 6.61 Å². The average molecular weight is 1120 g/mol. The molecule has 0 N–H and O–H groups in total. The predicted octanol–water partition coefficient (Wildman–Crippen LogP) is 12.4. The Morgan fingerprint density at radius 3 is 1.93 bits per heavy atom. The lowest BCUT2D eigenvalue weighted by Crippen LogP contribution is -2.62. The molecule has 9 saturated heterocycles. The van der Waals surface area contributed by atoms with Crippen LogP contribution in [0, 0.1) is 11.8 Å². The van der Waals surface area contributed by atoms with Crippen LogP contribution in [0.2, 0.25) is 54.4 Å². The SMILES string of the molecule is C=C1C(C)CC2CC[C@@H]3OC(CC[C@@]45C[C@H]6OC7C(O4)C(O[Si](CC)(CC)CC)[C@H](CC/C=C/C(=O)OC4[C@@H](C)C8OC(CCO[Si](CC)(CC)CC)C(O[Si](CC)(CC)CC)CC8O[C@H]4CC1O2)O[C@H]7C6O5)CC3=C. The Balaban J connectivity index is 1.00. The molecule has 0 aliphatic carbocycles. The molecule has 10 aliphatic rings. The Hall–Kier alpha value is -1.10. The van der Waals surface area contributed by atoms with Crippen LogP contribution in [0.1, 0.15) is 153 Å². The molecule has 76 heavy (non-hydrogen) atoms. The highest BCUT2D eigenvalue weighted by molar-refractivity contribution is 6.74. The number of hydrogen-bond acceptors (Lipinski definition) is 13. The summed E-state index contributed by atoms with van der Waals surface area (Å²) in [7, 11) is -6.00. The zero-order valence-electron chi connectivity index (χ0n) is 48.9. The zero-order valence-corrected chi connectivity index (χ0v) is 51.9. The Morgan fingerprint density at radius 2 is 1.24 bits per heavy atom. The van der Waals surface area contributed by atoms with Crippen LogP contribution in [0.4, 0.5) is 0 Å². The van der Waals surface area contributed by atoms with Gasteiger partial charge in [-0.3, -0.25) is 0 Å². The molecule has 0 radical (unpaired) electrons. The topological polar surface area (TPSA) is 128 Å². The Bertz CT molecular complexity index is 1970. The fourth-order valence-corrected chi connectivity index (χ4v) is 23.8. The third kappa shape index (κ3) is 12.2. The van der Waals surface area contributed by atoms with Crippen LogP contribution in [0.25, 0.3) is 0 Å². The first-order valence-corrected chi connectivity index (χ1v) is 38.7. The second-order valence-corrected chi connectivity index (χ2v) is 39.1. The minimum atomic E-state index is -2.15. The van der Waals surface area contributed by atoms with Crippen molar-refractivity contribution in [3.63, 3.8) is 0 Å². The normalized spacial score (nSPS) is 42.6. The summed E-state index contributed by atoms with van der Waals surface area (Å²) in [4.78, 5) is 14.4. The van der Waals surface area contributed by atoms with E-state index in [9.17, 15) is 4.79 Å². The Morgan fingerprint density at radius 1 is 0.605 bits per heavy atom. The van der Waals surface area contributed by atoms with E-state index < -0.39 is 42.9 Å². The molecule has 11 bridgehead atoms. The van der Waals surface area contributed by atoms with Crippen LogP contribution in [0.15, 0.2) is 36.5 Å². The van der Waals surface area contributed by atoms with Gasteiger partial charge in [0, 0.05) is 44.3 Å². The number of carbonyl (C=O) groups is 1. The van der Waals surface area contributed by atoms with E-state index in [1.807, 2.05) is 6.08 Å². The summed E-state index contributed by atoms with van der Waals surface area (Å²) in [6.45, 7) is 34.9. The van der Waals surface area contributed by atoms with Crippen LogP contribution in [0.3, 0.4) is 0 Å². The number of ether oxygens (including phenoxy) is 9. The van der Waals surface area contributed by atoms with E-state index in [-0.39, 0.29) is 109 Å². The van der Waals surface area contributed by atoms with Gasteiger partial charge in [0.1, 0.15) is 36.6 Å². The highest BCUT2D eigenvalue weighted by atomic mass is 28.4. The molecule has 0 aromatic heterocycles. The fraction of sp³-hybridized carbons (Fsp3) is 0.883. The van der Waals surface area contributed by atoms with Crippen LogP contribution < -0.4 is 0 Å². The second kappa shape index (κ2) is 25.2. The summed E-state index contributed by atoms with van der Waals surface area (Å²) in [6.07, 6.45) is 8.54. The van der Waals surface area contributed by atoms with Crippen LogP contribution in [0.5, 0.6) is 0 Å². The minimum Gasteiger partial charge on any atom is -0.456 e. The van der Waals surface area contributed by atoms with Gasteiger partial charge in [-0.2, -0.15) is 0 Å². The van der Waals surface area contributed by atoms with Gasteiger partial charge in [-0.15, -0.1) is 0 Å². The van der Waals surface area contributed by atoms with E-state index in [0.717, 1.165) is 110 Å². The van der Waals surface area contributed by atoms with Crippen LogP contribution >= 0.6 is 0 Å². The molecule has 10 aliphatic heterocycles. The first-order valence-electron chi connectivity index (χ1n) is 31.1. The van der Waals surface area contributed by atoms with Crippen molar-refractivity contribution in [2.24, 2.45) is 11.8 Å².